The molecule has 2 aromatic carbocycles. The third kappa shape index (κ3) is 4.01. The van der Waals surface area contributed by atoms with E-state index >= 15 is 0 Å². The van der Waals surface area contributed by atoms with Crippen molar-refractivity contribution in [2.75, 3.05) is 18.5 Å². The highest BCUT2D eigenvalue weighted by atomic mass is 16.6. The molecule has 4 aliphatic heterocycles. The van der Waals surface area contributed by atoms with Gasteiger partial charge in [-0.25, -0.2) is 0 Å². The molecule has 1 aromatic heterocycles. The van der Waals surface area contributed by atoms with Crippen LogP contribution in [0.25, 0.3) is 10.9 Å². The Morgan fingerprint density at radius 3 is 2.78 bits per heavy atom. The molecule has 0 aliphatic carbocycles. The topological polar surface area (TPSA) is 63.7 Å². The lowest BCUT2D eigenvalue weighted by atomic mass is 9.85. The van der Waals surface area contributed by atoms with E-state index in [1.54, 1.807) is 0 Å². The van der Waals surface area contributed by atoms with Gasteiger partial charge in [0.25, 0.3) is 0 Å². The van der Waals surface area contributed by atoms with E-state index in [0.29, 0.717) is 31.0 Å². The highest BCUT2D eigenvalue weighted by Gasteiger charge is 2.42. The maximum Gasteiger partial charge on any atom is 0.224 e. The summed E-state index contributed by atoms with van der Waals surface area (Å²) in [6.45, 7) is 3.53. The van der Waals surface area contributed by atoms with Crippen LogP contribution in [0.2, 0.25) is 0 Å². The largest absolute Gasteiger partial charge is 0.486 e. The number of amides is 1. The number of aryl methyl sites for hydroxylation is 2. The van der Waals surface area contributed by atoms with Gasteiger partial charge in [-0.1, -0.05) is 12.1 Å². The molecule has 3 aromatic rings. The Morgan fingerprint density at radius 1 is 1.06 bits per heavy atom. The summed E-state index contributed by atoms with van der Waals surface area (Å²) in [4.78, 5) is 19.2. The minimum atomic E-state index is 0.0355. The lowest BCUT2D eigenvalue weighted by molar-refractivity contribution is -0.116. The van der Waals surface area contributed by atoms with E-state index in [1.807, 2.05) is 25.1 Å². The van der Waals surface area contributed by atoms with Gasteiger partial charge >= 0.3 is 0 Å². The van der Waals surface area contributed by atoms with Crippen molar-refractivity contribution in [2.45, 2.75) is 70.1 Å². The monoisotopic (exact) mass is 483 g/mol. The number of nitrogens with zero attached hydrogens (tertiary/aromatic N) is 2. The van der Waals surface area contributed by atoms with E-state index in [2.05, 4.69) is 39.5 Å². The Hall–Kier alpha value is -3.12. The molecule has 6 nitrogen and oxygen atoms in total. The Labute approximate surface area is 212 Å². The number of hydrogen-bond donors (Lipinski definition) is 1. The van der Waals surface area contributed by atoms with Crippen LogP contribution in [-0.2, 0) is 17.6 Å². The van der Waals surface area contributed by atoms with Crippen LogP contribution in [0.1, 0.15) is 48.9 Å². The predicted octanol–water partition coefficient (Wildman–Crippen LogP) is 5.05. The Balaban J connectivity index is 1.02. The van der Waals surface area contributed by atoms with Crippen molar-refractivity contribution < 1.29 is 14.3 Å². The fourth-order valence-electron chi connectivity index (χ4n) is 6.93. The number of ether oxygens (including phenoxy) is 2. The summed E-state index contributed by atoms with van der Waals surface area (Å²) in [6.07, 6.45) is 7.60. The predicted molar refractivity (Wildman–Crippen MR) is 140 cm³/mol. The molecule has 0 spiro atoms. The molecule has 1 N–H and O–H groups in total. The number of nitrogens with one attached hydrogen (secondary N) is 1. The number of benzene rings is 2. The molecule has 2 bridgehead atoms. The van der Waals surface area contributed by atoms with E-state index in [4.69, 9.17) is 9.47 Å². The average molecular weight is 484 g/mol. The van der Waals surface area contributed by atoms with E-state index in [1.165, 1.54) is 36.8 Å². The quantitative estimate of drug-likeness (QED) is 0.562. The summed E-state index contributed by atoms with van der Waals surface area (Å²) >= 11 is 0. The van der Waals surface area contributed by atoms with Crippen LogP contribution >= 0.6 is 0 Å². The van der Waals surface area contributed by atoms with Crippen molar-refractivity contribution in [3.8, 4) is 11.5 Å². The zero-order valence-corrected chi connectivity index (χ0v) is 20.8. The minimum absolute atomic E-state index is 0.0355. The van der Waals surface area contributed by atoms with E-state index in [-0.39, 0.29) is 12.0 Å². The number of aromatic nitrogens is 1. The first-order valence-electron chi connectivity index (χ1n) is 13.5. The Bertz CT molecular complexity index is 1320. The van der Waals surface area contributed by atoms with Crippen molar-refractivity contribution in [1.82, 2.24) is 9.88 Å². The number of fused-ring (bicyclic) bond motifs is 6. The molecule has 186 valence electrons. The van der Waals surface area contributed by atoms with Crippen LogP contribution in [0, 0.1) is 12.8 Å². The van der Waals surface area contributed by atoms with E-state index in [0.717, 1.165) is 53.2 Å². The van der Waals surface area contributed by atoms with Gasteiger partial charge in [-0.15, -0.1) is 0 Å². The fraction of sp³-hybridized carbons (Fsp3) is 0.467. The minimum Gasteiger partial charge on any atom is -0.486 e. The third-order valence-corrected chi connectivity index (χ3v) is 8.62. The van der Waals surface area contributed by atoms with Crippen LogP contribution < -0.4 is 14.8 Å². The number of pyridine rings is 1. The first kappa shape index (κ1) is 22.1. The summed E-state index contributed by atoms with van der Waals surface area (Å²) in [7, 11) is 0. The number of piperidine rings is 1. The van der Waals surface area contributed by atoms with E-state index in [9.17, 15) is 4.79 Å². The normalized spacial score (nSPS) is 27.1. The van der Waals surface area contributed by atoms with Crippen molar-refractivity contribution in [2.24, 2.45) is 5.92 Å². The number of carbonyl (C=O) groups excluding carboxylic acids is 1. The molecule has 6 heteroatoms. The standard InChI is InChI=1S/C30H33N3O3/c1-18-2-8-25-26(31-18)9-10-28-30(25)36-24(17-35-28)16-33-22-6-7-23(33)14-20(13-22)12-19-3-4-21-5-11-29(34)32-27(21)15-19/h2-4,8-10,15,20,22-24H,5-7,11-14,16-17H2,1H3,(H,32,34)/t20?,22?,23?,24-/m0/s1. The molecule has 2 unspecified atom stereocenters. The van der Waals surface area contributed by atoms with Crippen molar-refractivity contribution in [3.63, 3.8) is 0 Å². The smallest absolute Gasteiger partial charge is 0.224 e. The van der Waals surface area contributed by atoms with Crippen molar-refractivity contribution in [1.29, 1.82) is 0 Å². The zero-order valence-electron chi connectivity index (χ0n) is 20.8. The van der Waals surface area contributed by atoms with Gasteiger partial charge in [0.2, 0.25) is 5.91 Å². The zero-order chi connectivity index (χ0) is 24.2. The molecule has 0 saturated carbocycles. The molecule has 3 atom stereocenters. The highest BCUT2D eigenvalue weighted by molar-refractivity contribution is 5.94. The van der Waals surface area contributed by atoms with Gasteiger partial charge in [0.15, 0.2) is 11.5 Å². The molecule has 2 saturated heterocycles. The van der Waals surface area contributed by atoms with Crippen LogP contribution in [0.5, 0.6) is 11.5 Å². The molecule has 2 fully saturated rings. The van der Waals surface area contributed by atoms with Gasteiger partial charge < -0.3 is 14.8 Å². The number of carbonyl (C=O) groups is 1. The van der Waals surface area contributed by atoms with Gasteiger partial charge in [0.05, 0.1) is 5.52 Å². The van der Waals surface area contributed by atoms with Gasteiger partial charge in [0.1, 0.15) is 12.7 Å². The molecule has 7 rings (SSSR count). The second-order valence-electron chi connectivity index (χ2n) is 11.1. The summed E-state index contributed by atoms with van der Waals surface area (Å²) in [5, 5.41) is 4.10. The summed E-state index contributed by atoms with van der Waals surface area (Å²) in [5.74, 6) is 2.51. The van der Waals surface area contributed by atoms with Crippen LogP contribution in [0.4, 0.5) is 5.69 Å². The number of rotatable bonds is 4. The lowest BCUT2D eigenvalue weighted by Crippen LogP contribution is -2.49. The molecule has 5 heterocycles. The first-order chi connectivity index (χ1) is 17.6. The fourth-order valence-corrected chi connectivity index (χ4v) is 6.93. The third-order valence-electron chi connectivity index (χ3n) is 8.62. The summed E-state index contributed by atoms with van der Waals surface area (Å²) in [5.41, 5.74) is 5.61. The number of anilines is 1. The van der Waals surface area contributed by atoms with Crippen LogP contribution in [0.15, 0.2) is 42.5 Å². The maximum atomic E-state index is 11.8. The summed E-state index contributed by atoms with van der Waals surface area (Å²) in [6, 6.07) is 16.1. The Kier molecular flexibility index (Phi) is 5.38. The lowest BCUT2D eigenvalue weighted by Gasteiger charge is -2.41. The molecular weight excluding hydrogens is 450 g/mol. The van der Waals surface area contributed by atoms with Gasteiger partial charge in [-0.2, -0.15) is 0 Å². The molecule has 0 radical (unpaired) electrons. The van der Waals surface area contributed by atoms with Gasteiger partial charge in [0, 0.05) is 41.8 Å². The molecule has 36 heavy (non-hydrogen) atoms. The Morgan fingerprint density at radius 2 is 1.92 bits per heavy atom. The van der Waals surface area contributed by atoms with Gasteiger partial charge in [-0.3, -0.25) is 14.7 Å². The molecule has 1 amide bonds. The average Bonchev–Trinajstić information content (AvgIpc) is 3.10. The highest BCUT2D eigenvalue weighted by Crippen LogP contribution is 2.42. The van der Waals surface area contributed by atoms with Crippen molar-refractivity contribution in [3.05, 3.63) is 59.3 Å². The van der Waals surface area contributed by atoms with Crippen molar-refractivity contribution >= 4 is 22.5 Å². The van der Waals surface area contributed by atoms with E-state index < -0.39 is 0 Å². The SMILES string of the molecule is Cc1ccc2c3c(ccc2n1)OC[C@H](CN1C2CCC1CC(Cc1ccc4c(c1)NC(=O)CC4)C2)O3. The molecule has 4 aliphatic rings. The van der Waals surface area contributed by atoms with Crippen LogP contribution in [-0.4, -0.2) is 47.1 Å². The number of hydrogen-bond acceptors (Lipinski definition) is 5. The van der Waals surface area contributed by atoms with Gasteiger partial charge in [-0.05, 0) is 92.8 Å². The second-order valence-corrected chi connectivity index (χ2v) is 11.1. The molecular formula is C30H33N3O3. The summed E-state index contributed by atoms with van der Waals surface area (Å²) < 4.78 is 12.7. The first-order valence-corrected chi connectivity index (χ1v) is 13.5. The maximum absolute atomic E-state index is 11.8. The van der Waals surface area contributed by atoms with Crippen LogP contribution in [0.3, 0.4) is 0 Å². The second kappa shape index (κ2) is 8.77.